The largest absolute Gasteiger partial charge is 0.477 e. The van der Waals surface area contributed by atoms with E-state index in [9.17, 15) is 9.59 Å². The second kappa shape index (κ2) is 6.34. The van der Waals surface area contributed by atoms with E-state index in [2.05, 4.69) is 0 Å². The maximum Gasteiger partial charge on any atom is 0.345 e. The molecule has 110 valence electrons. The van der Waals surface area contributed by atoms with Crippen LogP contribution in [-0.4, -0.2) is 60.9 Å². The molecule has 2 unspecified atom stereocenters. The third kappa shape index (κ3) is 3.36. The monoisotopic (exact) mass is 299 g/mol. The quantitative estimate of drug-likeness (QED) is 0.907. The van der Waals surface area contributed by atoms with E-state index in [1.807, 2.05) is 6.92 Å². The molecule has 1 aromatic heterocycles. The van der Waals surface area contributed by atoms with Crippen molar-refractivity contribution >= 4 is 23.2 Å². The van der Waals surface area contributed by atoms with Crippen LogP contribution >= 0.6 is 11.3 Å². The second-order valence-electron chi connectivity index (χ2n) is 4.70. The molecule has 0 bridgehead atoms. The predicted octanol–water partition coefficient (Wildman–Crippen LogP) is 1.32. The summed E-state index contributed by atoms with van der Waals surface area (Å²) in [6.07, 6.45) is -0.210. The summed E-state index contributed by atoms with van der Waals surface area (Å²) in [4.78, 5) is 25.5. The van der Waals surface area contributed by atoms with Gasteiger partial charge in [-0.3, -0.25) is 4.79 Å². The van der Waals surface area contributed by atoms with Crippen LogP contribution in [0.15, 0.2) is 12.1 Å². The highest BCUT2D eigenvalue weighted by Crippen LogP contribution is 2.21. The molecular formula is C13H17NO5S. The zero-order valence-electron chi connectivity index (χ0n) is 11.4. The molecule has 7 heteroatoms. The number of carboxylic acid groups (broad SMARTS) is 1. The first kappa shape index (κ1) is 15.0. The number of nitrogens with zero attached hydrogens (tertiary/aromatic N) is 1. The number of hydrogen-bond donors (Lipinski definition) is 1. The molecule has 6 nitrogen and oxygen atoms in total. The number of carbonyl (C=O) groups excluding carboxylic acids is 1. The molecule has 0 spiro atoms. The number of amides is 1. The lowest BCUT2D eigenvalue weighted by molar-refractivity contribution is -0.0918. The van der Waals surface area contributed by atoms with E-state index in [0.29, 0.717) is 24.6 Å². The van der Waals surface area contributed by atoms with Crippen molar-refractivity contribution in [3.05, 3.63) is 21.9 Å². The highest BCUT2D eigenvalue weighted by atomic mass is 32.1. The fourth-order valence-electron chi connectivity index (χ4n) is 2.21. The van der Waals surface area contributed by atoms with Gasteiger partial charge in [0.25, 0.3) is 5.91 Å². The van der Waals surface area contributed by atoms with Gasteiger partial charge in [-0.25, -0.2) is 4.79 Å². The van der Waals surface area contributed by atoms with Crippen LogP contribution in [0.2, 0.25) is 0 Å². The van der Waals surface area contributed by atoms with E-state index in [0.717, 1.165) is 11.3 Å². The molecule has 1 aliphatic rings. The van der Waals surface area contributed by atoms with Gasteiger partial charge < -0.3 is 19.5 Å². The summed E-state index contributed by atoms with van der Waals surface area (Å²) >= 11 is 0.996. The second-order valence-corrected chi connectivity index (χ2v) is 5.79. The number of thiophene rings is 1. The van der Waals surface area contributed by atoms with Crippen molar-refractivity contribution in [1.29, 1.82) is 0 Å². The van der Waals surface area contributed by atoms with E-state index in [-0.39, 0.29) is 23.0 Å². The first-order chi connectivity index (χ1) is 9.51. The Hall–Kier alpha value is -1.44. The molecule has 1 saturated heterocycles. The summed E-state index contributed by atoms with van der Waals surface area (Å²) in [6.45, 7) is 3.29. The van der Waals surface area contributed by atoms with Crippen molar-refractivity contribution in [2.24, 2.45) is 0 Å². The minimum Gasteiger partial charge on any atom is -0.477 e. The summed E-state index contributed by atoms with van der Waals surface area (Å²) in [5, 5.41) is 8.89. The molecular weight excluding hydrogens is 282 g/mol. The Morgan fingerprint density at radius 1 is 1.45 bits per heavy atom. The Kier molecular flexibility index (Phi) is 4.74. The van der Waals surface area contributed by atoms with Crippen molar-refractivity contribution < 1.29 is 24.2 Å². The molecule has 1 amide bonds. The van der Waals surface area contributed by atoms with Gasteiger partial charge in [-0.15, -0.1) is 11.3 Å². The third-order valence-electron chi connectivity index (χ3n) is 2.99. The van der Waals surface area contributed by atoms with Gasteiger partial charge in [0.05, 0.1) is 23.7 Å². The molecule has 2 atom stereocenters. The fourth-order valence-corrected chi connectivity index (χ4v) is 3.03. The topological polar surface area (TPSA) is 76.1 Å². The van der Waals surface area contributed by atoms with Crippen LogP contribution < -0.4 is 0 Å². The van der Waals surface area contributed by atoms with Crippen molar-refractivity contribution in [2.75, 3.05) is 26.8 Å². The van der Waals surface area contributed by atoms with Crippen LogP contribution in [0.1, 0.15) is 26.3 Å². The number of methoxy groups -OCH3 is 1. The van der Waals surface area contributed by atoms with E-state index in [1.54, 1.807) is 18.1 Å². The predicted molar refractivity (Wildman–Crippen MR) is 73.4 cm³/mol. The summed E-state index contributed by atoms with van der Waals surface area (Å²) in [6, 6.07) is 3.01. The molecule has 0 saturated carbocycles. The van der Waals surface area contributed by atoms with Crippen LogP contribution in [-0.2, 0) is 9.47 Å². The Morgan fingerprint density at radius 2 is 2.15 bits per heavy atom. The summed E-state index contributed by atoms with van der Waals surface area (Å²) in [7, 11) is 1.59. The van der Waals surface area contributed by atoms with Crippen LogP contribution in [0.25, 0.3) is 0 Å². The van der Waals surface area contributed by atoms with E-state index in [4.69, 9.17) is 14.6 Å². The minimum absolute atomic E-state index is 0.0632. The van der Waals surface area contributed by atoms with Crippen molar-refractivity contribution in [1.82, 2.24) is 4.90 Å². The van der Waals surface area contributed by atoms with Gasteiger partial charge in [0, 0.05) is 20.2 Å². The van der Waals surface area contributed by atoms with Crippen LogP contribution in [0, 0.1) is 0 Å². The van der Waals surface area contributed by atoms with Crippen molar-refractivity contribution in [3.63, 3.8) is 0 Å². The third-order valence-corrected chi connectivity index (χ3v) is 4.05. The molecule has 1 N–H and O–H groups in total. The Morgan fingerprint density at radius 3 is 2.75 bits per heavy atom. The van der Waals surface area contributed by atoms with Crippen LogP contribution in [0.3, 0.4) is 0 Å². The van der Waals surface area contributed by atoms with E-state index in [1.165, 1.54) is 6.07 Å². The zero-order valence-corrected chi connectivity index (χ0v) is 12.2. The Bertz CT molecular complexity index is 501. The molecule has 0 aromatic carbocycles. The standard InChI is InChI=1S/C13H17NO5S/c1-8-5-14(6-9(19-8)7-18-2)12(15)10-3-4-11(20-10)13(16)17/h3-4,8-9H,5-7H2,1-2H3,(H,16,17). The highest BCUT2D eigenvalue weighted by Gasteiger charge is 2.29. The van der Waals surface area contributed by atoms with Gasteiger partial charge in [-0.05, 0) is 19.1 Å². The van der Waals surface area contributed by atoms with Gasteiger partial charge in [-0.1, -0.05) is 0 Å². The number of carbonyl (C=O) groups is 2. The first-order valence-corrected chi connectivity index (χ1v) is 7.09. The van der Waals surface area contributed by atoms with Crippen LogP contribution in [0.4, 0.5) is 0 Å². The lowest BCUT2D eigenvalue weighted by Crippen LogP contribution is -2.50. The van der Waals surface area contributed by atoms with E-state index < -0.39 is 5.97 Å². The fraction of sp³-hybridized carbons (Fsp3) is 0.538. The summed E-state index contributed by atoms with van der Waals surface area (Å²) < 4.78 is 10.7. The Balaban J connectivity index is 2.08. The van der Waals surface area contributed by atoms with Gasteiger partial charge >= 0.3 is 5.97 Å². The van der Waals surface area contributed by atoms with Gasteiger partial charge in [0.2, 0.25) is 0 Å². The van der Waals surface area contributed by atoms with Gasteiger partial charge in [0.1, 0.15) is 4.88 Å². The zero-order chi connectivity index (χ0) is 14.7. The molecule has 0 radical (unpaired) electrons. The summed E-state index contributed by atoms with van der Waals surface area (Å²) in [5.41, 5.74) is 0. The SMILES string of the molecule is COCC1CN(C(=O)c2ccc(C(=O)O)s2)CC(C)O1. The first-order valence-electron chi connectivity index (χ1n) is 6.28. The highest BCUT2D eigenvalue weighted by molar-refractivity contribution is 7.15. The molecule has 0 aliphatic carbocycles. The van der Waals surface area contributed by atoms with Crippen molar-refractivity contribution in [2.45, 2.75) is 19.1 Å². The average molecular weight is 299 g/mol. The normalized spacial score (nSPS) is 22.8. The average Bonchev–Trinajstić information content (AvgIpc) is 2.87. The summed E-state index contributed by atoms with van der Waals surface area (Å²) in [5.74, 6) is -1.17. The smallest absolute Gasteiger partial charge is 0.345 e. The number of rotatable bonds is 4. The molecule has 1 aromatic rings. The van der Waals surface area contributed by atoms with Gasteiger partial charge in [-0.2, -0.15) is 0 Å². The molecule has 20 heavy (non-hydrogen) atoms. The Labute approximate surface area is 120 Å². The molecule has 2 heterocycles. The number of ether oxygens (including phenoxy) is 2. The molecule has 2 rings (SSSR count). The van der Waals surface area contributed by atoms with Crippen LogP contribution in [0.5, 0.6) is 0 Å². The number of hydrogen-bond acceptors (Lipinski definition) is 5. The number of aromatic carboxylic acids is 1. The molecule has 1 aliphatic heterocycles. The maximum absolute atomic E-state index is 12.4. The van der Waals surface area contributed by atoms with Gasteiger partial charge in [0.15, 0.2) is 0 Å². The number of morpholine rings is 1. The molecule has 1 fully saturated rings. The maximum atomic E-state index is 12.4. The number of carboxylic acids is 1. The van der Waals surface area contributed by atoms with Crippen molar-refractivity contribution in [3.8, 4) is 0 Å². The lowest BCUT2D eigenvalue weighted by Gasteiger charge is -2.36. The van der Waals surface area contributed by atoms with E-state index >= 15 is 0 Å². The minimum atomic E-state index is -1.01. The lowest BCUT2D eigenvalue weighted by atomic mass is 10.2.